The summed E-state index contributed by atoms with van der Waals surface area (Å²) in [5.41, 5.74) is 2.48. The summed E-state index contributed by atoms with van der Waals surface area (Å²) in [7, 11) is 3.37. The largest absolute Gasteiger partial charge is 0.347 e. The smallest absolute Gasteiger partial charge is 0.241 e. The molecule has 1 N–H and O–H groups in total. The third-order valence-corrected chi connectivity index (χ3v) is 5.46. The maximum atomic E-state index is 12.3. The number of likely N-dealkylation sites (N-methyl/N-ethyl adjacent to an activating group) is 1. The lowest BCUT2D eigenvalue weighted by atomic mass is 9.93. The molecule has 0 radical (unpaired) electrons. The van der Waals surface area contributed by atoms with Crippen LogP contribution in [0.25, 0.3) is 0 Å². The van der Waals surface area contributed by atoms with E-state index >= 15 is 0 Å². The molecule has 0 aliphatic carbocycles. The van der Waals surface area contributed by atoms with Crippen LogP contribution in [0, 0.1) is 0 Å². The number of thiophene rings is 1. The van der Waals surface area contributed by atoms with E-state index < -0.39 is 0 Å². The highest BCUT2D eigenvalue weighted by atomic mass is 32.1. The molecule has 1 aliphatic rings. The standard InChI is InChI=1S/C19H23N3O2S/c1-21(2)18(24)12-20-17(23)13-22-10-8-16-15(9-11-25-16)19(22)14-6-4-3-5-7-14/h3-7,9,11,19H,8,10,12-13H2,1-2H3,(H,20,23)/t19-/m0/s1. The van der Waals surface area contributed by atoms with Crippen molar-refractivity contribution in [2.45, 2.75) is 12.5 Å². The van der Waals surface area contributed by atoms with E-state index in [0.29, 0.717) is 0 Å². The number of nitrogens with zero attached hydrogens (tertiary/aromatic N) is 2. The predicted molar refractivity (Wildman–Crippen MR) is 99.6 cm³/mol. The quantitative estimate of drug-likeness (QED) is 0.889. The molecular formula is C19H23N3O2S. The average Bonchev–Trinajstić information content (AvgIpc) is 3.08. The lowest BCUT2D eigenvalue weighted by Gasteiger charge is -2.35. The van der Waals surface area contributed by atoms with Crippen molar-refractivity contribution in [2.24, 2.45) is 0 Å². The van der Waals surface area contributed by atoms with Gasteiger partial charge < -0.3 is 10.2 Å². The summed E-state index contributed by atoms with van der Waals surface area (Å²) < 4.78 is 0. The van der Waals surface area contributed by atoms with Crippen LogP contribution in [-0.4, -0.2) is 55.3 Å². The molecular weight excluding hydrogens is 334 g/mol. The predicted octanol–water partition coefficient (Wildman–Crippen LogP) is 1.90. The molecule has 0 bridgehead atoms. The van der Waals surface area contributed by atoms with Crippen LogP contribution in [0.15, 0.2) is 41.8 Å². The minimum absolute atomic E-state index is 0.0410. The van der Waals surface area contributed by atoms with Crippen LogP contribution < -0.4 is 5.32 Å². The van der Waals surface area contributed by atoms with E-state index in [9.17, 15) is 9.59 Å². The molecule has 0 saturated heterocycles. The number of carbonyl (C=O) groups excluding carboxylic acids is 2. The van der Waals surface area contributed by atoms with Gasteiger partial charge >= 0.3 is 0 Å². The highest BCUT2D eigenvalue weighted by Crippen LogP contribution is 2.37. The van der Waals surface area contributed by atoms with Crippen LogP contribution in [-0.2, 0) is 16.0 Å². The molecule has 0 saturated carbocycles. The number of rotatable bonds is 5. The van der Waals surface area contributed by atoms with Crippen LogP contribution in [0.2, 0.25) is 0 Å². The summed E-state index contributed by atoms with van der Waals surface area (Å²) in [6, 6.07) is 12.5. The number of hydrogen-bond acceptors (Lipinski definition) is 4. The molecule has 0 unspecified atom stereocenters. The molecule has 132 valence electrons. The van der Waals surface area contributed by atoms with E-state index in [-0.39, 0.29) is 30.9 Å². The van der Waals surface area contributed by atoms with Crippen molar-refractivity contribution in [3.05, 3.63) is 57.8 Å². The first-order valence-electron chi connectivity index (χ1n) is 8.38. The summed E-state index contributed by atoms with van der Waals surface area (Å²) in [6.45, 7) is 1.16. The Labute approximate surface area is 152 Å². The van der Waals surface area contributed by atoms with E-state index in [0.717, 1.165) is 13.0 Å². The number of carbonyl (C=O) groups is 2. The van der Waals surface area contributed by atoms with Crippen molar-refractivity contribution in [1.82, 2.24) is 15.1 Å². The normalized spacial score (nSPS) is 17.0. The van der Waals surface area contributed by atoms with Gasteiger partial charge in [0.15, 0.2) is 0 Å². The van der Waals surface area contributed by atoms with E-state index in [1.165, 1.54) is 20.9 Å². The van der Waals surface area contributed by atoms with Gasteiger partial charge in [-0.25, -0.2) is 0 Å². The molecule has 0 fully saturated rings. The van der Waals surface area contributed by atoms with Gasteiger partial charge in [0.25, 0.3) is 0 Å². The zero-order valence-corrected chi connectivity index (χ0v) is 15.4. The molecule has 1 aliphatic heterocycles. The van der Waals surface area contributed by atoms with E-state index in [2.05, 4.69) is 33.8 Å². The van der Waals surface area contributed by atoms with Crippen molar-refractivity contribution >= 4 is 23.2 Å². The van der Waals surface area contributed by atoms with Crippen molar-refractivity contribution in [3.8, 4) is 0 Å². The monoisotopic (exact) mass is 357 g/mol. The van der Waals surface area contributed by atoms with Crippen LogP contribution in [0.4, 0.5) is 0 Å². The van der Waals surface area contributed by atoms with Gasteiger partial charge in [0.1, 0.15) is 0 Å². The van der Waals surface area contributed by atoms with Crippen LogP contribution >= 0.6 is 11.3 Å². The summed E-state index contributed by atoms with van der Waals surface area (Å²) in [4.78, 5) is 29.1. The van der Waals surface area contributed by atoms with Gasteiger partial charge in [0, 0.05) is 25.5 Å². The number of fused-ring (bicyclic) bond motifs is 1. The average molecular weight is 357 g/mol. The molecule has 2 amide bonds. The van der Waals surface area contributed by atoms with E-state index in [1.807, 2.05) is 18.2 Å². The van der Waals surface area contributed by atoms with Crippen molar-refractivity contribution in [3.63, 3.8) is 0 Å². The fraction of sp³-hybridized carbons (Fsp3) is 0.368. The third kappa shape index (κ3) is 4.08. The molecule has 3 rings (SSSR count). The Balaban J connectivity index is 1.74. The molecule has 25 heavy (non-hydrogen) atoms. The molecule has 2 heterocycles. The molecule has 1 aromatic heterocycles. The minimum atomic E-state index is -0.116. The summed E-state index contributed by atoms with van der Waals surface area (Å²) in [6.07, 6.45) is 0.959. The van der Waals surface area contributed by atoms with E-state index in [4.69, 9.17) is 0 Å². The van der Waals surface area contributed by atoms with Crippen LogP contribution in [0.1, 0.15) is 22.0 Å². The third-order valence-electron chi connectivity index (χ3n) is 4.46. The first-order chi connectivity index (χ1) is 12.1. The second kappa shape index (κ2) is 7.80. The second-order valence-electron chi connectivity index (χ2n) is 6.40. The number of benzene rings is 1. The Morgan fingerprint density at radius 3 is 2.72 bits per heavy atom. The van der Waals surface area contributed by atoms with Crippen LogP contribution in [0.5, 0.6) is 0 Å². The Kier molecular flexibility index (Phi) is 5.50. The van der Waals surface area contributed by atoms with Crippen molar-refractivity contribution < 1.29 is 9.59 Å². The fourth-order valence-electron chi connectivity index (χ4n) is 3.14. The van der Waals surface area contributed by atoms with Gasteiger partial charge in [0.05, 0.1) is 19.1 Å². The Morgan fingerprint density at radius 2 is 2.00 bits per heavy atom. The lowest BCUT2D eigenvalue weighted by Crippen LogP contribution is -2.45. The number of hydrogen-bond donors (Lipinski definition) is 1. The summed E-state index contributed by atoms with van der Waals surface area (Å²) >= 11 is 1.78. The minimum Gasteiger partial charge on any atom is -0.347 e. The Morgan fingerprint density at radius 1 is 1.24 bits per heavy atom. The summed E-state index contributed by atoms with van der Waals surface area (Å²) in [5, 5.41) is 4.86. The Hall–Kier alpha value is -2.18. The lowest BCUT2D eigenvalue weighted by molar-refractivity contribution is -0.131. The maximum absolute atomic E-state index is 12.3. The molecule has 5 nitrogen and oxygen atoms in total. The van der Waals surface area contributed by atoms with Gasteiger partial charge in [-0.1, -0.05) is 30.3 Å². The van der Waals surface area contributed by atoms with Crippen molar-refractivity contribution in [1.29, 1.82) is 0 Å². The zero-order chi connectivity index (χ0) is 17.8. The molecule has 0 spiro atoms. The zero-order valence-electron chi connectivity index (χ0n) is 14.6. The van der Waals surface area contributed by atoms with Gasteiger partial charge in [-0.2, -0.15) is 0 Å². The fourth-order valence-corrected chi connectivity index (χ4v) is 4.04. The second-order valence-corrected chi connectivity index (χ2v) is 7.40. The molecule has 2 aromatic rings. The van der Waals surface area contributed by atoms with Crippen LogP contribution in [0.3, 0.4) is 0 Å². The topological polar surface area (TPSA) is 52.7 Å². The number of nitrogens with one attached hydrogen (secondary N) is 1. The maximum Gasteiger partial charge on any atom is 0.241 e. The summed E-state index contributed by atoms with van der Waals surface area (Å²) in [5.74, 6) is -0.221. The number of amides is 2. The highest BCUT2D eigenvalue weighted by molar-refractivity contribution is 7.10. The van der Waals surface area contributed by atoms with Gasteiger partial charge in [0.2, 0.25) is 11.8 Å². The first-order valence-corrected chi connectivity index (χ1v) is 9.26. The van der Waals surface area contributed by atoms with Gasteiger partial charge in [-0.05, 0) is 29.0 Å². The molecule has 1 aromatic carbocycles. The van der Waals surface area contributed by atoms with E-state index in [1.54, 1.807) is 25.4 Å². The van der Waals surface area contributed by atoms with Gasteiger partial charge in [-0.15, -0.1) is 11.3 Å². The van der Waals surface area contributed by atoms with Crippen molar-refractivity contribution in [2.75, 3.05) is 33.7 Å². The molecule has 6 heteroatoms. The van der Waals surface area contributed by atoms with Gasteiger partial charge in [-0.3, -0.25) is 14.5 Å². The SMILES string of the molecule is CN(C)C(=O)CNC(=O)CN1CCc2sccc2[C@@H]1c1ccccc1. The Bertz CT molecular complexity index is 742. The molecule has 1 atom stereocenters. The highest BCUT2D eigenvalue weighted by Gasteiger charge is 2.30. The first kappa shape index (κ1) is 17.6.